The third kappa shape index (κ3) is 2.45. The van der Waals surface area contributed by atoms with E-state index in [1.165, 1.54) is 0 Å². The van der Waals surface area contributed by atoms with E-state index in [-0.39, 0.29) is 5.97 Å². The molecule has 16 heavy (non-hydrogen) atoms. The maximum atomic E-state index is 11.5. The van der Waals surface area contributed by atoms with Crippen molar-refractivity contribution in [1.82, 2.24) is 0 Å². The summed E-state index contributed by atoms with van der Waals surface area (Å²) in [4.78, 5) is 22.6. The minimum Gasteiger partial charge on any atom is -0.465 e. The summed E-state index contributed by atoms with van der Waals surface area (Å²) in [5.74, 6) is 1.76. The number of esters is 1. The predicted molar refractivity (Wildman–Crippen MR) is 59.8 cm³/mol. The average molecular weight is 224 g/mol. The van der Waals surface area contributed by atoms with Crippen molar-refractivity contribution in [3.63, 3.8) is 0 Å². The minimum absolute atomic E-state index is 0.107. The Balaban J connectivity index is 1.78. The normalized spacial score (nSPS) is 33.6. The Morgan fingerprint density at radius 3 is 2.94 bits per heavy atom. The molecule has 0 amide bonds. The van der Waals surface area contributed by atoms with Gasteiger partial charge in [-0.2, -0.15) is 0 Å². The highest BCUT2D eigenvalue weighted by Crippen LogP contribution is 2.42. The first kappa shape index (κ1) is 11.6. The van der Waals surface area contributed by atoms with Crippen LogP contribution in [0.4, 0.5) is 0 Å². The highest BCUT2D eigenvalue weighted by atomic mass is 16.5. The highest BCUT2D eigenvalue weighted by molar-refractivity contribution is 5.83. The SMILES string of the molecule is CCC(=O)OCC1CCC2C(=O)CCC2C1. The zero-order valence-corrected chi connectivity index (χ0v) is 9.91. The van der Waals surface area contributed by atoms with Crippen molar-refractivity contribution in [2.24, 2.45) is 17.8 Å². The van der Waals surface area contributed by atoms with E-state index in [1.54, 1.807) is 0 Å². The molecule has 2 aliphatic carbocycles. The Morgan fingerprint density at radius 2 is 2.19 bits per heavy atom. The molecule has 90 valence electrons. The second-order valence-corrected chi connectivity index (χ2v) is 5.09. The maximum Gasteiger partial charge on any atom is 0.305 e. The van der Waals surface area contributed by atoms with Crippen molar-refractivity contribution in [3.8, 4) is 0 Å². The molecule has 0 radical (unpaired) electrons. The van der Waals surface area contributed by atoms with Crippen molar-refractivity contribution in [1.29, 1.82) is 0 Å². The summed E-state index contributed by atoms with van der Waals surface area (Å²) in [7, 11) is 0. The van der Waals surface area contributed by atoms with Crippen molar-refractivity contribution in [2.45, 2.75) is 45.4 Å². The molecule has 3 atom stereocenters. The van der Waals surface area contributed by atoms with Gasteiger partial charge in [0.25, 0.3) is 0 Å². The number of hydrogen-bond acceptors (Lipinski definition) is 3. The molecule has 0 N–H and O–H groups in total. The van der Waals surface area contributed by atoms with Crippen LogP contribution in [0.5, 0.6) is 0 Å². The van der Waals surface area contributed by atoms with E-state index < -0.39 is 0 Å². The number of carbonyl (C=O) groups excluding carboxylic acids is 2. The molecule has 0 spiro atoms. The van der Waals surface area contributed by atoms with E-state index in [4.69, 9.17) is 4.74 Å². The summed E-state index contributed by atoms with van der Waals surface area (Å²) in [5, 5.41) is 0. The second kappa shape index (κ2) is 4.98. The summed E-state index contributed by atoms with van der Waals surface area (Å²) in [6.45, 7) is 2.37. The van der Waals surface area contributed by atoms with Gasteiger partial charge in [-0.05, 0) is 37.5 Å². The monoisotopic (exact) mass is 224 g/mol. The molecule has 0 aliphatic heterocycles. The van der Waals surface area contributed by atoms with Crippen LogP contribution >= 0.6 is 0 Å². The van der Waals surface area contributed by atoms with E-state index in [0.29, 0.717) is 36.6 Å². The van der Waals surface area contributed by atoms with Crippen LogP contribution in [0.3, 0.4) is 0 Å². The van der Waals surface area contributed by atoms with Gasteiger partial charge in [0, 0.05) is 18.8 Å². The van der Waals surface area contributed by atoms with Crippen LogP contribution in [0.2, 0.25) is 0 Å². The molecule has 3 unspecified atom stereocenters. The number of hydrogen-bond donors (Lipinski definition) is 0. The summed E-state index contributed by atoms with van der Waals surface area (Å²) >= 11 is 0. The average Bonchev–Trinajstić information content (AvgIpc) is 2.67. The molecular formula is C13H20O3. The highest BCUT2D eigenvalue weighted by Gasteiger charge is 2.39. The number of fused-ring (bicyclic) bond motifs is 1. The third-order valence-electron chi connectivity index (χ3n) is 4.03. The molecule has 2 rings (SSSR count). The lowest BCUT2D eigenvalue weighted by atomic mass is 9.76. The summed E-state index contributed by atoms with van der Waals surface area (Å²) < 4.78 is 5.18. The minimum atomic E-state index is -0.107. The summed E-state index contributed by atoms with van der Waals surface area (Å²) in [6.07, 6.45) is 5.42. The van der Waals surface area contributed by atoms with Gasteiger partial charge in [0.1, 0.15) is 5.78 Å². The van der Waals surface area contributed by atoms with Gasteiger partial charge in [0.15, 0.2) is 0 Å². The summed E-state index contributed by atoms with van der Waals surface area (Å²) in [5.41, 5.74) is 0. The lowest BCUT2D eigenvalue weighted by Crippen LogP contribution is -2.27. The fraction of sp³-hybridized carbons (Fsp3) is 0.846. The fourth-order valence-electron chi connectivity index (χ4n) is 3.08. The van der Waals surface area contributed by atoms with Crippen molar-refractivity contribution < 1.29 is 14.3 Å². The molecule has 0 saturated heterocycles. The molecule has 2 aliphatic rings. The lowest BCUT2D eigenvalue weighted by molar-refractivity contribution is -0.145. The lowest BCUT2D eigenvalue weighted by Gasteiger charge is -2.30. The van der Waals surface area contributed by atoms with Crippen molar-refractivity contribution >= 4 is 11.8 Å². The van der Waals surface area contributed by atoms with Gasteiger partial charge in [0.05, 0.1) is 6.61 Å². The van der Waals surface area contributed by atoms with Crippen LogP contribution < -0.4 is 0 Å². The van der Waals surface area contributed by atoms with Crippen molar-refractivity contribution in [3.05, 3.63) is 0 Å². The zero-order chi connectivity index (χ0) is 11.5. The first-order valence-electron chi connectivity index (χ1n) is 6.39. The Kier molecular flexibility index (Phi) is 3.62. The third-order valence-corrected chi connectivity index (χ3v) is 4.03. The molecule has 0 heterocycles. The predicted octanol–water partition coefficient (Wildman–Crippen LogP) is 2.33. The molecule has 2 saturated carbocycles. The Labute approximate surface area is 96.5 Å². The first-order chi connectivity index (χ1) is 7.70. The fourth-order valence-corrected chi connectivity index (χ4v) is 3.08. The molecule has 3 heteroatoms. The van der Waals surface area contributed by atoms with Crippen molar-refractivity contribution in [2.75, 3.05) is 6.61 Å². The van der Waals surface area contributed by atoms with Crippen LogP contribution in [-0.4, -0.2) is 18.4 Å². The Morgan fingerprint density at radius 1 is 1.38 bits per heavy atom. The molecule has 0 aromatic carbocycles. The quantitative estimate of drug-likeness (QED) is 0.691. The number of carbonyl (C=O) groups is 2. The van der Waals surface area contributed by atoms with Gasteiger partial charge in [-0.25, -0.2) is 0 Å². The number of rotatable bonds is 3. The molecule has 2 fully saturated rings. The van der Waals surface area contributed by atoms with Gasteiger partial charge in [-0.1, -0.05) is 6.92 Å². The summed E-state index contributed by atoms with van der Waals surface area (Å²) in [6, 6.07) is 0. The molecule has 0 aromatic heterocycles. The van der Waals surface area contributed by atoms with Crippen LogP contribution in [0, 0.1) is 17.8 Å². The zero-order valence-electron chi connectivity index (χ0n) is 9.91. The molecule has 0 bridgehead atoms. The standard InChI is InChI=1S/C13H20O3/c1-2-13(15)16-8-9-3-5-11-10(7-9)4-6-12(11)14/h9-11H,2-8H2,1H3. The number of ether oxygens (including phenoxy) is 1. The second-order valence-electron chi connectivity index (χ2n) is 5.09. The largest absolute Gasteiger partial charge is 0.465 e. The van der Waals surface area contributed by atoms with Gasteiger partial charge in [-0.15, -0.1) is 0 Å². The Hall–Kier alpha value is -0.860. The van der Waals surface area contributed by atoms with Gasteiger partial charge in [0.2, 0.25) is 0 Å². The number of ketones is 1. The van der Waals surface area contributed by atoms with E-state index in [2.05, 4.69) is 0 Å². The first-order valence-corrected chi connectivity index (χ1v) is 6.39. The van der Waals surface area contributed by atoms with E-state index in [1.807, 2.05) is 6.92 Å². The molecule has 0 aromatic rings. The van der Waals surface area contributed by atoms with Crippen LogP contribution in [-0.2, 0) is 14.3 Å². The van der Waals surface area contributed by atoms with E-state index in [9.17, 15) is 9.59 Å². The van der Waals surface area contributed by atoms with Gasteiger partial charge < -0.3 is 4.74 Å². The van der Waals surface area contributed by atoms with Crippen LogP contribution in [0.1, 0.15) is 45.4 Å². The van der Waals surface area contributed by atoms with Crippen LogP contribution in [0.25, 0.3) is 0 Å². The van der Waals surface area contributed by atoms with E-state index >= 15 is 0 Å². The molecule has 3 nitrogen and oxygen atoms in total. The molecular weight excluding hydrogens is 204 g/mol. The smallest absolute Gasteiger partial charge is 0.305 e. The Bertz CT molecular complexity index is 285. The number of Topliss-reactive ketones (excluding diaryl/α,β-unsaturated/α-hetero) is 1. The van der Waals surface area contributed by atoms with E-state index in [0.717, 1.165) is 32.1 Å². The van der Waals surface area contributed by atoms with Gasteiger partial charge in [-0.3, -0.25) is 9.59 Å². The maximum absolute atomic E-state index is 11.5. The topological polar surface area (TPSA) is 43.4 Å². The van der Waals surface area contributed by atoms with Gasteiger partial charge >= 0.3 is 5.97 Å². The van der Waals surface area contributed by atoms with Crippen LogP contribution in [0.15, 0.2) is 0 Å².